The highest BCUT2D eigenvalue weighted by atomic mass is 16.5. The summed E-state index contributed by atoms with van der Waals surface area (Å²) in [6, 6.07) is 9.80. The Morgan fingerprint density at radius 1 is 1.00 bits per heavy atom. The van der Waals surface area contributed by atoms with Crippen molar-refractivity contribution in [3.05, 3.63) is 53.0 Å². The summed E-state index contributed by atoms with van der Waals surface area (Å²) in [5, 5.41) is 3.07. The average Bonchev–Trinajstić information content (AvgIpc) is 3.03. The van der Waals surface area contributed by atoms with E-state index in [2.05, 4.69) is 15.1 Å². The van der Waals surface area contributed by atoms with Crippen LogP contribution in [0.15, 0.2) is 34.7 Å². The number of amides is 1. The van der Waals surface area contributed by atoms with Gasteiger partial charge in [0.15, 0.2) is 0 Å². The Bertz CT molecular complexity index is 857. The van der Waals surface area contributed by atoms with Gasteiger partial charge in [-0.2, -0.15) is 0 Å². The third kappa shape index (κ3) is 6.43. The Kier molecular flexibility index (Phi) is 7.65. The maximum atomic E-state index is 12.6. The van der Waals surface area contributed by atoms with Crippen LogP contribution < -0.4 is 5.32 Å². The van der Waals surface area contributed by atoms with Gasteiger partial charge in [-0.15, -0.1) is 0 Å². The molecule has 2 heterocycles. The van der Waals surface area contributed by atoms with Gasteiger partial charge in [-0.05, 0) is 56.6 Å². The van der Waals surface area contributed by atoms with Gasteiger partial charge < -0.3 is 14.5 Å². The lowest BCUT2D eigenvalue weighted by atomic mass is 10.1. The van der Waals surface area contributed by atoms with Crippen molar-refractivity contribution in [2.45, 2.75) is 40.3 Å². The molecule has 1 saturated heterocycles. The smallest absolute Gasteiger partial charge is 0.303 e. The molecule has 1 fully saturated rings. The van der Waals surface area contributed by atoms with Crippen LogP contribution in [0.4, 0.5) is 5.69 Å². The molecule has 162 valence electrons. The van der Waals surface area contributed by atoms with Crippen LogP contribution >= 0.6 is 0 Å². The molecule has 0 saturated carbocycles. The predicted octanol–water partition coefficient (Wildman–Crippen LogP) is 3.11. The molecule has 0 bridgehead atoms. The molecule has 7 nitrogen and oxygen atoms in total. The molecule has 1 aromatic carbocycles. The van der Waals surface area contributed by atoms with Gasteiger partial charge in [0.25, 0.3) is 0 Å². The number of carbonyl (C=O) groups is 2. The standard InChI is InChI=1S/C23H31N3O4/c1-17-6-4-7-18(2)23(17)24-22(28)15-26-11-5-10-25(12-13-26)14-20-8-9-21(30-20)16-29-19(3)27/h4,6-9H,5,10-16H2,1-3H3,(H,24,28). The molecule has 0 unspecified atom stereocenters. The molecule has 1 N–H and O–H groups in total. The lowest BCUT2D eigenvalue weighted by molar-refractivity contribution is -0.142. The molecule has 0 atom stereocenters. The van der Waals surface area contributed by atoms with Gasteiger partial charge in [-0.25, -0.2) is 0 Å². The van der Waals surface area contributed by atoms with Crippen molar-refractivity contribution < 1.29 is 18.7 Å². The Morgan fingerprint density at radius 3 is 2.40 bits per heavy atom. The van der Waals surface area contributed by atoms with Crippen molar-refractivity contribution >= 4 is 17.6 Å². The fourth-order valence-electron chi connectivity index (χ4n) is 3.71. The quantitative estimate of drug-likeness (QED) is 0.703. The highest BCUT2D eigenvalue weighted by molar-refractivity contribution is 5.93. The summed E-state index contributed by atoms with van der Waals surface area (Å²) in [6.07, 6.45) is 0.998. The van der Waals surface area contributed by atoms with Gasteiger partial charge in [-0.1, -0.05) is 18.2 Å². The monoisotopic (exact) mass is 413 g/mol. The first-order valence-electron chi connectivity index (χ1n) is 10.4. The van der Waals surface area contributed by atoms with E-state index in [0.29, 0.717) is 18.8 Å². The maximum Gasteiger partial charge on any atom is 0.303 e. The van der Waals surface area contributed by atoms with E-state index in [9.17, 15) is 9.59 Å². The fourth-order valence-corrected chi connectivity index (χ4v) is 3.71. The molecule has 7 heteroatoms. The minimum Gasteiger partial charge on any atom is -0.461 e. The molecular weight excluding hydrogens is 382 g/mol. The second kappa shape index (κ2) is 10.4. The van der Waals surface area contributed by atoms with E-state index in [0.717, 1.165) is 55.2 Å². The Balaban J connectivity index is 1.46. The first-order chi connectivity index (χ1) is 14.4. The van der Waals surface area contributed by atoms with Crippen molar-refractivity contribution in [3.8, 4) is 0 Å². The molecule has 0 radical (unpaired) electrons. The summed E-state index contributed by atoms with van der Waals surface area (Å²) < 4.78 is 10.7. The Hall–Kier alpha value is -2.64. The van der Waals surface area contributed by atoms with Crippen LogP contribution in [0.1, 0.15) is 36.0 Å². The minimum atomic E-state index is -0.317. The van der Waals surface area contributed by atoms with Crippen molar-refractivity contribution in [1.82, 2.24) is 9.80 Å². The summed E-state index contributed by atoms with van der Waals surface area (Å²) in [4.78, 5) is 28.0. The maximum absolute atomic E-state index is 12.6. The number of aryl methyl sites for hydroxylation is 2. The van der Waals surface area contributed by atoms with Crippen LogP contribution in [0.3, 0.4) is 0 Å². The van der Waals surface area contributed by atoms with Crippen LogP contribution in [0.5, 0.6) is 0 Å². The number of benzene rings is 1. The first kappa shape index (κ1) is 22.1. The van der Waals surface area contributed by atoms with Crippen molar-refractivity contribution in [1.29, 1.82) is 0 Å². The predicted molar refractivity (Wildman–Crippen MR) is 115 cm³/mol. The molecule has 2 aromatic rings. The van der Waals surface area contributed by atoms with Gasteiger partial charge in [0, 0.05) is 25.7 Å². The number of esters is 1. The van der Waals surface area contributed by atoms with Gasteiger partial charge in [0.2, 0.25) is 5.91 Å². The van der Waals surface area contributed by atoms with Gasteiger partial charge in [0.05, 0.1) is 13.1 Å². The molecular formula is C23H31N3O4. The van der Waals surface area contributed by atoms with Crippen LogP contribution in [-0.2, 0) is 27.5 Å². The molecule has 0 aliphatic carbocycles. The number of hydrogen-bond donors (Lipinski definition) is 1. The molecule has 0 spiro atoms. The number of furan rings is 1. The summed E-state index contributed by atoms with van der Waals surface area (Å²) in [7, 11) is 0. The van der Waals surface area contributed by atoms with E-state index >= 15 is 0 Å². The topological polar surface area (TPSA) is 75.0 Å². The molecule has 1 aliphatic heterocycles. The van der Waals surface area contributed by atoms with E-state index in [4.69, 9.17) is 9.15 Å². The number of carbonyl (C=O) groups excluding carboxylic acids is 2. The van der Waals surface area contributed by atoms with Crippen molar-refractivity contribution in [3.63, 3.8) is 0 Å². The van der Waals surface area contributed by atoms with Gasteiger partial charge >= 0.3 is 5.97 Å². The number of anilines is 1. The van der Waals surface area contributed by atoms with E-state index in [1.54, 1.807) is 0 Å². The fraction of sp³-hybridized carbons (Fsp3) is 0.478. The van der Waals surface area contributed by atoms with Crippen LogP contribution in [0, 0.1) is 13.8 Å². The van der Waals surface area contributed by atoms with Gasteiger partial charge in [0.1, 0.15) is 18.1 Å². The third-order valence-corrected chi connectivity index (χ3v) is 5.31. The number of hydrogen-bond acceptors (Lipinski definition) is 6. The zero-order valence-electron chi connectivity index (χ0n) is 18.1. The van der Waals surface area contributed by atoms with Crippen molar-refractivity contribution in [2.24, 2.45) is 0 Å². The summed E-state index contributed by atoms with van der Waals surface area (Å²) in [5.74, 6) is 1.22. The van der Waals surface area contributed by atoms with Crippen molar-refractivity contribution in [2.75, 3.05) is 38.0 Å². The Labute approximate surface area is 178 Å². The van der Waals surface area contributed by atoms with E-state index in [-0.39, 0.29) is 18.5 Å². The summed E-state index contributed by atoms with van der Waals surface area (Å²) in [5.41, 5.74) is 3.08. The van der Waals surface area contributed by atoms with Gasteiger partial charge in [-0.3, -0.25) is 19.4 Å². The second-order valence-electron chi connectivity index (χ2n) is 7.87. The number of nitrogens with zero attached hydrogens (tertiary/aromatic N) is 2. The average molecular weight is 414 g/mol. The number of ether oxygens (including phenoxy) is 1. The molecule has 1 aromatic heterocycles. The molecule has 1 aliphatic rings. The van der Waals surface area contributed by atoms with E-state index in [1.165, 1.54) is 6.92 Å². The number of nitrogens with one attached hydrogen (secondary N) is 1. The summed E-state index contributed by atoms with van der Waals surface area (Å²) in [6.45, 7) is 10.2. The number of para-hydroxylation sites is 1. The van der Waals surface area contributed by atoms with Crippen LogP contribution in [0.2, 0.25) is 0 Å². The third-order valence-electron chi connectivity index (χ3n) is 5.31. The SMILES string of the molecule is CC(=O)OCc1ccc(CN2CCCN(CC(=O)Nc3c(C)cccc3C)CC2)o1. The van der Waals surface area contributed by atoms with E-state index in [1.807, 2.05) is 44.2 Å². The molecule has 3 rings (SSSR count). The number of rotatable bonds is 7. The highest BCUT2D eigenvalue weighted by Gasteiger charge is 2.19. The normalized spacial score (nSPS) is 15.6. The Morgan fingerprint density at radius 2 is 1.67 bits per heavy atom. The largest absolute Gasteiger partial charge is 0.461 e. The first-order valence-corrected chi connectivity index (χ1v) is 10.4. The molecule has 1 amide bonds. The lowest BCUT2D eigenvalue weighted by Crippen LogP contribution is -2.36. The van der Waals surface area contributed by atoms with Crippen LogP contribution in [0.25, 0.3) is 0 Å². The zero-order valence-corrected chi connectivity index (χ0v) is 18.1. The lowest BCUT2D eigenvalue weighted by Gasteiger charge is -2.21. The second-order valence-corrected chi connectivity index (χ2v) is 7.87. The highest BCUT2D eigenvalue weighted by Crippen LogP contribution is 2.19. The zero-order chi connectivity index (χ0) is 21.5. The minimum absolute atomic E-state index is 0.0296. The van der Waals surface area contributed by atoms with Crippen LogP contribution in [-0.4, -0.2) is 54.4 Å². The van der Waals surface area contributed by atoms with E-state index < -0.39 is 0 Å². The summed E-state index contributed by atoms with van der Waals surface area (Å²) >= 11 is 0. The molecule has 30 heavy (non-hydrogen) atoms.